The topological polar surface area (TPSA) is 114 Å². The number of hydrogen-bond acceptors (Lipinski definition) is 9. The number of nitro groups is 1. The SMILES string of the molecule is COc1cccc(Nc2nnc(Sc3ccc([N+](=O)[O-])cc3C#N)s2)c1. The molecule has 130 valence electrons. The highest BCUT2D eigenvalue weighted by atomic mass is 32.2. The third-order valence-electron chi connectivity index (χ3n) is 3.22. The molecule has 0 spiro atoms. The quantitative estimate of drug-likeness (QED) is 0.495. The molecule has 0 aliphatic heterocycles. The van der Waals surface area contributed by atoms with E-state index in [0.717, 1.165) is 11.4 Å². The Labute approximate surface area is 156 Å². The Balaban J connectivity index is 1.76. The van der Waals surface area contributed by atoms with Crippen LogP contribution in [0.2, 0.25) is 0 Å². The highest BCUT2D eigenvalue weighted by Crippen LogP contribution is 2.36. The van der Waals surface area contributed by atoms with Gasteiger partial charge in [0.05, 0.1) is 17.6 Å². The number of nitrogens with one attached hydrogen (secondary N) is 1. The maximum Gasteiger partial charge on any atom is 0.270 e. The van der Waals surface area contributed by atoms with Gasteiger partial charge in [0.1, 0.15) is 11.8 Å². The highest BCUT2D eigenvalue weighted by molar-refractivity contribution is 8.01. The van der Waals surface area contributed by atoms with Gasteiger partial charge in [-0.05, 0) is 18.2 Å². The number of benzene rings is 2. The smallest absolute Gasteiger partial charge is 0.270 e. The second-order valence-corrected chi connectivity index (χ2v) is 7.15. The summed E-state index contributed by atoms with van der Waals surface area (Å²) in [4.78, 5) is 10.9. The molecule has 8 nitrogen and oxygen atoms in total. The molecule has 0 amide bonds. The minimum Gasteiger partial charge on any atom is -0.497 e. The number of methoxy groups -OCH3 is 1. The van der Waals surface area contributed by atoms with Crippen molar-refractivity contribution in [1.29, 1.82) is 5.26 Å². The van der Waals surface area contributed by atoms with E-state index in [2.05, 4.69) is 15.5 Å². The minimum absolute atomic E-state index is 0.122. The lowest BCUT2D eigenvalue weighted by atomic mass is 10.2. The van der Waals surface area contributed by atoms with E-state index in [9.17, 15) is 15.4 Å². The summed E-state index contributed by atoms with van der Waals surface area (Å²) in [5.41, 5.74) is 0.912. The van der Waals surface area contributed by atoms with Crippen LogP contribution in [0.15, 0.2) is 51.7 Å². The molecule has 2 aromatic carbocycles. The molecule has 1 aromatic heterocycles. The Morgan fingerprint density at radius 3 is 2.88 bits per heavy atom. The molecule has 26 heavy (non-hydrogen) atoms. The molecule has 0 saturated heterocycles. The Morgan fingerprint density at radius 1 is 1.31 bits per heavy atom. The van der Waals surface area contributed by atoms with E-state index < -0.39 is 4.92 Å². The van der Waals surface area contributed by atoms with E-state index in [1.54, 1.807) is 7.11 Å². The fraction of sp³-hybridized carbons (Fsp3) is 0.0625. The van der Waals surface area contributed by atoms with Gasteiger partial charge < -0.3 is 10.1 Å². The van der Waals surface area contributed by atoms with Crippen LogP contribution in [0.4, 0.5) is 16.5 Å². The molecule has 0 atom stereocenters. The van der Waals surface area contributed by atoms with Crippen molar-refractivity contribution in [2.24, 2.45) is 0 Å². The summed E-state index contributed by atoms with van der Waals surface area (Å²) in [5, 5.41) is 31.9. The van der Waals surface area contributed by atoms with Gasteiger partial charge in [-0.15, -0.1) is 10.2 Å². The molecular weight excluding hydrogens is 374 g/mol. The summed E-state index contributed by atoms with van der Waals surface area (Å²) in [7, 11) is 1.59. The van der Waals surface area contributed by atoms with Crippen LogP contribution in [0.25, 0.3) is 0 Å². The van der Waals surface area contributed by atoms with Crippen molar-refractivity contribution < 1.29 is 9.66 Å². The predicted molar refractivity (Wildman–Crippen MR) is 98.1 cm³/mol. The number of nitriles is 1. The van der Waals surface area contributed by atoms with Crippen molar-refractivity contribution in [3.05, 3.63) is 58.1 Å². The van der Waals surface area contributed by atoms with Gasteiger partial charge in [-0.25, -0.2) is 0 Å². The molecule has 0 unspecified atom stereocenters. The Morgan fingerprint density at radius 2 is 2.15 bits per heavy atom. The molecule has 0 bridgehead atoms. The number of ether oxygens (including phenoxy) is 1. The molecule has 3 rings (SSSR count). The molecule has 1 N–H and O–H groups in total. The average molecular weight is 385 g/mol. The first-order valence-corrected chi connectivity index (χ1v) is 8.83. The third-order valence-corrected chi connectivity index (χ3v) is 5.18. The zero-order valence-electron chi connectivity index (χ0n) is 13.4. The van der Waals surface area contributed by atoms with Crippen LogP contribution in [-0.2, 0) is 0 Å². The van der Waals surface area contributed by atoms with Crippen LogP contribution in [0.3, 0.4) is 0 Å². The fourth-order valence-electron chi connectivity index (χ4n) is 2.03. The fourth-order valence-corrected chi connectivity index (χ4v) is 3.82. The van der Waals surface area contributed by atoms with Crippen molar-refractivity contribution >= 4 is 39.6 Å². The van der Waals surface area contributed by atoms with Gasteiger partial charge in [0, 0.05) is 28.8 Å². The van der Waals surface area contributed by atoms with Crippen LogP contribution in [0.1, 0.15) is 5.56 Å². The van der Waals surface area contributed by atoms with Crippen molar-refractivity contribution in [2.75, 3.05) is 12.4 Å². The monoisotopic (exact) mass is 385 g/mol. The summed E-state index contributed by atoms with van der Waals surface area (Å²) >= 11 is 2.54. The summed E-state index contributed by atoms with van der Waals surface area (Å²) in [6, 6.07) is 13.5. The summed E-state index contributed by atoms with van der Waals surface area (Å²) < 4.78 is 5.79. The van der Waals surface area contributed by atoms with Crippen LogP contribution >= 0.6 is 23.1 Å². The molecule has 0 aliphatic carbocycles. The number of aromatic nitrogens is 2. The van der Waals surface area contributed by atoms with Gasteiger partial charge in [-0.3, -0.25) is 10.1 Å². The molecule has 10 heteroatoms. The number of rotatable bonds is 6. The third kappa shape index (κ3) is 4.08. The lowest BCUT2D eigenvalue weighted by molar-refractivity contribution is -0.384. The molecule has 3 aromatic rings. The molecule has 1 heterocycles. The van der Waals surface area contributed by atoms with E-state index in [0.29, 0.717) is 14.4 Å². The molecule has 0 fully saturated rings. The second kappa shape index (κ2) is 7.81. The van der Waals surface area contributed by atoms with E-state index >= 15 is 0 Å². The number of nitro benzene ring substituents is 1. The molecule has 0 radical (unpaired) electrons. The van der Waals surface area contributed by atoms with Crippen LogP contribution in [0, 0.1) is 21.4 Å². The maximum absolute atomic E-state index is 10.8. The molecule has 0 aliphatic rings. The van der Waals surface area contributed by atoms with Gasteiger partial charge in [0.2, 0.25) is 5.13 Å². The lowest BCUT2D eigenvalue weighted by Gasteiger charge is -2.04. The minimum atomic E-state index is -0.531. The number of nitrogens with zero attached hydrogens (tertiary/aromatic N) is 4. The molecular formula is C16H11N5O3S2. The second-order valence-electron chi connectivity index (χ2n) is 4.88. The summed E-state index contributed by atoms with van der Waals surface area (Å²) in [6.07, 6.45) is 0. The summed E-state index contributed by atoms with van der Waals surface area (Å²) in [5.74, 6) is 0.721. The Bertz CT molecular complexity index is 1000. The highest BCUT2D eigenvalue weighted by Gasteiger charge is 2.14. The van der Waals surface area contributed by atoms with E-state index in [-0.39, 0.29) is 11.3 Å². The first-order chi connectivity index (χ1) is 12.6. The van der Waals surface area contributed by atoms with Gasteiger partial charge in [0.15, 0.2) is 4.34 Å². The van der Waals surface area contributed by atoms with E-state index in [1.807, 2.05) is 30.3 Å². The first-order valence-electron chi connectivity index (χ1n) is 7.20. The van der Waals surface area contributed by atoms with E-state index in [1.165, 1.54) is 41.3 Å². The van der Waals surface area contributed by atoms with Gasteiger partial charge in [-0.1, -0.05) is 29.2 Å². The van der Waals surface area contributed by atoms with Gasteiger partial charge >= 0.3 is 0 Å². The predicted octanol–water partition coefficient (Wildman–Crippen LogP) is 4.22. The summed E-state index contributed by atoms with van der Waals surface area (Å²) in [6.45, 7) is 0. The first kappa shape index (κ1) is 17.7. The number of anilines is 2. The van der Waals surface area contributed by atoms with Crippen LogP contribution in [0.5, 0.6) is 5.75 Å². The standard InChI is InChI=1S/C16H11N5O3S2/c1-24-13-4-2-3-11(8-13)18-15-19-20-16(26-15)25-14-6-5-12(21(22)23)7-10(14)9-17/h2-8H,1H3,(H,18,19). The maximum atomic E-state index is 10.8. The van der Waals surface area contributed by atoms with Crippen LogP contribution < -0.4 is 10.1 Å². The Kier molecular flexibility index (Phi) is 5.31. The van der Waals surface area contributed by atoms with Crippen molar-refractivity contribution in [3.63, 3.8) is 0 Å². The van der Waals surface area contributed by atoms with E-state index in [4.69, 9.17) is 4.74 Å². The van der Waals surface area contributed by atoms with Crippen molar-refractivity contribution in [3.8, 4) is 11.8 Å². The van der Waals surface area contributed by atoms with Crippen molar-refractivity contribution in [1.82, 2.24) is 10.2 Å². The normalized spacial score (nSPS) is 10.2. The average Bonchev–Trinajstić information content (AvgIpc) is 3.08. The van der Waals surface area contributed by atoms with Crippen molar-refractivity contribution in [2.45, 2.75) is 9.24 Å². The lowest BCUT2D eigenvalue weighted by Crippen LogP contribution is -1.90. The Hall–Kier alpha value is -3.16. The van der Waals surface area contributed by atoms with Gasteiger partial charge in [0.25, 0.3) is 5.69 Å². The van der Waals surface area contributed by atoms with Gasteiger partial charge in [-0.2, -0.15) is 5.26 Å². The zero-order valence-corrected chi connectivity index (χ0v) is 15.0. The number of non-ortho nitro benzene ring substituents is 1. The largest absolute Gasteiger partial charge is 0.497 e. The number of hydrogen-bond donors (Lipinski definition) is 1. The van der Waals surface area contributed by atoms with Crippen LogP contribution in [-0.4, -0.2) is 22.2 Å². The molecule has 0 saturated carbocycles. The zero-order chi connectivity index (χ0) is 18.5.